The van der Waals surface area contributed by atoms with E-state index in [1.165, 1.54) is 0 Å². The molecule has 2 aliphatic rings. The van der Waals surface area contributed by atoms with Crippen LogP contribution in [0.1, 0.15) is 42.4 Å². The fourth-order valence-corrected chi connectivity index (χ4v) is 5.60. The second kappa shape index (κ2) is 9.41. The van der Waals surface area contributed by atoms with Gasteiger partial charge in [0.2, 0.25) is 15.9 Å². The Hall–Kier alpha value is -2.03. The van der Waals surface area contributed by atoms with E-state index in [1.807, 2.05) is 37.3 Å². The maximum absolute atomic E-state index is 13.0. The molecular weight excluding hydrogens is 402 g/mol. The first-order valence-corrected chi connectivity index (χ1v) is 12.3. The van der Waals surface area contributed by atoms with Crippen LogP contribution >= 0.6 is 0 Å². The largest absolute Gasteiger partial charge is 0.473 e. The number of fused-ring (bicyclic) bond motifs is 1. The zero-order valence-electron chi connectivity index (χ0n) is 17.4. The third kappa shape index (κ3) is 4.99. The molecule has 4 rings (SSSR count). The molecule has 8 heteroatoms. The van der Waals surface area contributed by atoms with E-state index in [4.69, 9.17) is 9.47 Å². The molecule has 1 aromatic carbocycles. The molecule has 2 aliphatic heterocycles. The molecule has 1 saturated heterocycles. The van der Waals surface area contributed by atoms with Crippen molar-refractivity contribution in [1.29, 1.82) is 0 Å². The Morgan fingerprint density at radius 3 is 2.77 bits per heavy atom. The number of aryl methyl sites for hydroxylation is 1. The second-order valence-corrected chi connectivity index (χ2v) is 9.79. The molecule has 162 valence electrons. The molecule has 3 heterocycles. The van der Waals surface area contributed by atoms with Crippen molar-refractivity contribution in [2.75, 3.05) is 26.3 Å². The molecule has 0 radical (unpaired) electrons. The highest BCUT2D eigenvalue weighted by Crippen LogP contribution is 2.27. The van der Waals surface area contributed by atoms with Crippen LogP contribution in [0, 0.1) is 0 Å². The van der Waals surface area contributed by atoms with Gasteiger partial charge in [-0.3, -0.25) is 0 Å². The van der Waals surface area contributed by atoms with Gasteiger partial charge in [0.25, 0.3) is 0 Å². The van der Waals surface area contributed by atoms with Crippen LogP contribution in [0.5, 0.6) is 5.88 Å². The Kier molecular flexibility index (Phi) is 6.65. The summed E-state index contributed by atoms with van der Waals surface area (Å²) in [6, 6.07) is 9.31. The van der Waals surface area contributed by atoms with Gasteiger partial charge in [-0.25, -0.2) is 13.4 Å². The first-order valence-electron chi connectivity index (χ1n) is 10.7. The lowest BCUT2D eigenvalue weighted by molar-refractivity contribution is 0.121. The summed E-state index contributed by atoms with van der Waals surface area (Å²) in [7, 11) is -3.40. The molecule has 0 spiro atoms. The van der Waals surface area contributed by atoms with E-state index in [0.29, 0.717) is 32.2 Å². The smallest absolute Gasteiger partial charge is 0.220 e. The molecular formula is C22H29N3O4S. The molecule has 1 fully saturated rings. The summed E-state index contributed by atoms with van der Waals surface area (Å²) in [6.07, 6.45) is 3.58. The Labute approximate surface area is 178 Å². The molecule has 0 amide bonds. The molecule has 0 bridgehead atoms. The van der Waals surface area contributed by atoms with Crippen LogP contribution < -0.4 is 4.74 Å². The van der Waals surface area contributed by atoms with Crippen LogP contribution in [0.3, 0.4) is 0 Å². The third-order valence-corrected chi connectivity index (χ3v) is 7.42. The van der Waals surface area contributed by atoms with Gasteiger partial charge in [-0.05, 0) is 18.4 Å². The first kappa shape index (κ1) is 21.2. The fraction of sp³-hybridized carbons (Fsp3) is 0.545. The predicted molar refractivity (Wildman–Crippen MR) is 114 cm³/mol. The van der Waals surface area contributed by atoms with Crippen molar-refractivity contribution in [3.8, 4) is 5.88 Å². The number of sulfonamides is 1. The molecule has 7 nitrogen and oxygen atoms in total. The van der Waals surface area contributed by atoms with E-state index in [1.54, 1.807) is 4.31 Å². The maximum Gasteiger partial charge on any atom is 0.220 e. The number of piperidine rings is 1. The number of nitrogens with zero attached hydrogens (tertiary/aromatic N) is 3. The summed E-state index contributed by atoms with van der Waals surface area (Å²) in [5.74, 6) is 1.38. The molecule has 2 aromatic rings. The van der Waals surface area contributed by atoms with Gasteiger partial charge in [0.15, 0.2) is 0 Å². The maximum atomic E-state index is 13.0. The van der Waals surface area contributed by atoms with Gasteiger partial charge in [0.1, 0.15) is 11.9 Å². The van der Waals surface area contributed by atoms with E-state index in [9.17, 15) is 8.42 Å². The monoisotopic (exact) mass is 431 g/mol. The van der Waals surface area contributed by atoms with Gasteiger partial charge in [0.05, 0.1) is 31.2 Å². The van der Waals surface area contributed by atoms with Crippen molar-refractivity contribution in [3.05, 3.63) is 53.0 Å². The zero-order valence-corrected chi connectivity index (χ0v) is 18.2. The Bertz CT molecular complexity index is 966. The van der Waals surface area contributed by atoms with Crippen LogP contribution in [-0.2, 0) is 39.8 Å². The zero-order chi connectivity index (χ0) is 21.0. The van der Waals surface area contributed by atoms with Crippen LogP contribution in [0.2, 0.25) is 0 Å². The summed E-state index contributed by atoms with van der Waals surface area (Å²) in [5, 5.41) is 0. The van der Waals surface area contributed by atoms with Crippen LogP contribution in [0.4, 0.5) is 0 Å². The lowest BCUT2D eigenvalue weighted by Gasteiger charge is -2.32. The molecule has 1 atom stereocenters. The number of aromatic nitrogens is 2. The number of ether oxygens (including phenoxy) is 2. The minimum atomic E-state index is -3.40. The van der Waals surface area contributed by atoms with Crippen molar-refractivity contribution in [1.82, 2.24) is 14.3 Å². The SMILES string of the molecule is CCc1nc2c(c(O[C@H]3CCCN(S(=O)(=O)Cc4ccccc4)C3)n1)CCOCC2. The normalized spacial score (nSPS) is 20.4. The molecule has 1 aromatic heterocycles. The number of hydrogen-bond donors (Lipinski definition) is 0. The summed E-state index contributed by atoms with van der Waals surface area (Å²) in [5.41, 5.74) is 2.81. The van der Waals surface area contributed by atoms with Crippen molar-refractivity contribution in [2.24, 2.45) is 0 Å². The van der Waals surface area contributed by atoms with Gasteiger partial charge in [-0.15, -0.1) is 0 Å². The Morgan fingerprint density at radius 2 is 1.97 bits per heavy atom. The summed E-state index contributed by atoms with van der Waals surface area (Å²) >= 11 is 0. The second-order valence-electron chi connectivity index (χ2n) is 7.82. The van der Waals surface area contributed by atoms with Crippen molar-refractivity contribution < 1.29 is 17.9 Å². The topological polar surface area (TPSA) is 81.6 Å². The lowest BCUT2D eigenvalue weighted by atomic mass is 10.1. The molecule has 30 heavy (non-hydrogen) atoms. The highest BCUT2D eigenvalue weighted by Gasteiger charge is 2.31. The third-order valence-electron chi connectivity index (χ3n) is 5.60. The first-order chi connectivity index (χ1) is 14.5. The van der Waals surface area contributed by atoms with Gasteiger partial charge in [-0.2, -0.15) is 9.29 Å². The summed E-state index contributed by atoms with van der Waals surface area (Å²) in [4.78, 5) is 9.31. The van der Waals surface area contributed by atoms with Crippen molar-refractivity contribution in [3.63, 3.8) is 0 Å². The highest BCUT2D eigenvalue weighted by atomic mass is 32.2. The predicted octanol–water partition coefficient (Wildman–Crippen LogP) is 2.53. The van der Waals surface area contributed by atoms with E-state index in [2.05, 4.69) is 9.97 Å². The average molecular weight is 432 g/mol. The number of benzene rings is 1. The minimum Gasteiger partial charge on any atom is -0.473 e. The van der Waals surface area contributed by atoms with Crippen molar-refractivity contribution in [2.45, 2.75) is 50.9 Å². The van der Waals surface area contributed by atoms with Gasteiger partial charge >= 0.3 is 0 Å². The van der Waals surface area contributed by atoms with Gasteiger partial charge in [-0.1, -0.05) is 37.3 Å². The molecule has 0 saturated carbocycles. The molecule has 0 aliphatic carbocycles. The minimum absolute atomic E-state index is 0.0147. The Morgan fingerprint density at radius 1 is 1.17 bits per heavy atom. The van der Waals surface area contributed by atoms with Gasteiger partial charge < -0.3 is 9.47 Å². The van der Waals surface area contributed by atoms with Crippen LogP contribution in [0.25, 0.3) is 0 Å². The van der Waals surface area contributed by atoms with E-state index in [-0.39, 0.29) is 11.9 Å². The Balaban J connectivity index is 1.50. The summed E-state index contributed by atoms with van der Waals surface area (Å²) in [6.45, 7) is 4.19. The van der Waals surface area contributed by atoms with Crippen molar-refractivity contribution >= 4 is 10.0 Å². The summed E-state index contributed by atoms with van der Waals surface area (Å²) < 4.78 is 39.4. The number of rotatable bonds is 6. The average Bonchev–Trinajstić information content (AvgIpc) is 3.00. The van der Waals surface area contributed by atoms with Gasteiger partial charge in [0, 0.05) is 31.4 Å². The lowest BCUT2D eigenvalue weighted by Crippen LogP contribution is -2.45. The molecule has 0 N–H and O–H groups in total. The fourth-order valence-electron chi connectivity index (χ4n) is 4.00. The van der Waals surface area contributed by atoms with E-state index >= 15 is 0 Å². The number of hydrogen-bond acceptors (Lipinski definition) is 6. The van der Waals surface area contributed by atoms with E-state index in [0.717, 1.165) is 54.7 Å². The van der Waals surface area contributed by atoms with Crippen LogP contribution in [-0.4, -0.2) is 55.1 Å². The highest BCUT2D eigenvalue weighted by molar-refractivity contribution is 7.88. The standard InChI is InChI=1S/C22H29N3O4S/c1-2-21-23-20-11-14-28-13-10-19(20)22(24-21)29-18-9-6-12-25(15-18)30(26,27)16-17-7-4-3-5-8-17/h3-5,7-8,18H,2,6,9-16H2,1H3/t18-/m0/s1. The van der Waals surface area contributed by atoms with Crippen LogP contribution in [0.15, 0.2) is 30.3 Å². The van der Waals surface area contributed by atoms with E-state index < -0.39 is 10.0 Å². The molecule has 0 unspecified atom stereocenters. The quantitative estimate of drug-likeness (QED) is 0.699.